The number of hydrogen-bond donors (Lipinski definition) is 2. The highest BCUT2D eigenvalue weighted by molar-refractivity contribution is 7.13. The number of aromatic hydroxyl groups is 1. The van der Waals surface area contributed by atoms with Crippen LogP contribution in [0.1, 0.15) is 24.9 Å². The molecule has 4 nitrogen and oxygen atoms in total. The van der Waals surface area contributed by atoms with Gasteiger partial charge >= 0.3 is 0 Å². The zero-order valence-electron chi connectivity index (χ0n) is 8.92. The lowest BCUT2D eigenvalue weighted by molar-refractivity contribution is 0.475. The molecule has 0 aliphatic carbocycles. The predicted molar refractivity (Wildman–Crippen MR) is 64.7 cm³/mol. The Balaban J connectivity index is 2.13. The Kier molecular flexibility index (Phi) is 3.36. The summed E-state index contributed by atoms with van der Waals surface area (Å²) in [6.45, 7) is 2.10. The molecule has 0 bridgehead atoms. The van der Waals surface area contributed by atoms with Crippen LogP contribution in [0.5, 0.6) is 5.75 Å². The second-order valence-electron chi connectivity index (χ2n) is 3.44. The number of hydrogen-bond acceptors (Lipinski definition) is 5. The van der Waals surface area contributed by atoms with Crippen LogP contribution in [0.2, 0.25) is 0 Å². The van der Waals surface area contributed by atoms with Gasteiger partial charge in [-0.05, 0) is 24.1 Å². The molecular formula is C11H13N3OS. The summed E-state index contributed by atoms with van der Waals surface area (Å²) in [7, 11) is 0. The summed E-state index contributed by atoms with van der Waals surface area (Å²) >= 11 is 1.48. The highest BCUT2D eigenvalue weighted by Crippen LogP contribution is 2.24. The van der Waals surface area contributed by atoms with Gasteiger partial charge in [0.1, 0.15) is 11.3 Å². The van der Waals surface area contributed by atoms with E-state index in [1.54, 1.807) is 17.6 Å². The lowest BCUT2D eigenvalue weighted by atomic mass is 10.0. The minimum Gasteiger partial charge on any atom is -0.508 e. The van der Waals surface area contributed by atoms with Crippen molar-refractivity contribution >= 4 is 16.5 Å². The molecule has 2 N–H and O–H groups in total. The van der Waals surface area contributed by atoms with Crippen LogP contribution in [0, 0.1) is 0 Å². The Morgan fingerprint density at radius 1 is 1.38 bits per heavy atom. The van der Waals surface area contributed by atoms with Crippen LogP contribution in [0.3, 0.4) is 0 Å². The number of benzene rings is 1. The molecule has 0 amide bonds. The van der Waals surface area contributed by atoms with Crippen molar-refractivity contribution in [2.75, 3.05) is 5.32 Å². The Labute approximate surface area is 98.0 Å². The summed E-state index contributed by atoms with van der Waals surface area (Å²) in [6, 6.07) is 7.42. The van der Waals surface area contributed by atoms with Crippen molar-refractivity contribution < 1.29 is 5.11 Å². The maximum absolute atomic E-state index is 9.23. The number of phenolic OH excluding ortho intramolecular Hbond substituents is 1. The van der Waals surface area contributed by atoms with Gasteiger partial charge in [-0.2, -0.15) is 0 Å². The summed E-state index contributed by atoms with van der Waals surface area (Å²) < 4.78 is 0. The second kappa shape index (κ2) is 4.94. The van der Waals surface area contributed by atoms with Crippen molar-refractivity contribution in [3.8, 4) is 5.75 Å². The maximum atomic E-state index is 9.23. The Morgan fingerprint density at radius 2 is 2.12 bits per heavy atom. The number of nitrogens with zero attached hydrogens (tertiary/aromatic N) is 2. The van der Waals surface area contributed by atoms with Gasteiger partial charge in [0.15, 0.2) is 0 Å². The van der Waals surface area contributed by atoms with Crippen LogP contribution in [0.25, 0.3) is 0 Å². The van der Waals surface area contributed by atoms with Crippen LogP contribution in [0.4, 0.5) is 5.13 Å². The van der Waals surface area contributed by atoms with Crippen LogP contribution in [0.15, 0.2) is 29.8 Å². The van der Waals surface area contributed by atoms with Crippen molar-refractivity contribution in [1.29, 1.82) is 0 Å². The summed E-state index contributed by atoms with van der Waals surface area (Å²) in [5.74, 6) is 0.287. The lowest BCUT2D eigenvalue weighted by Crippen LogP contribution is -2.09. The molecule has 0 spiro atoms. The van der Waals surface area contributed by atoms with E-state index in [9.17, 15) is 5.11 Å². The first-order valence-electron chi connectivity index (χ1n) is 5.11. The Morgan fingerprint density at radius 3 is 2.69 bits per heavy atom. The van der Waals surface area contributed by atoms with E-state index in [-0.39, 0.29) is 11.8 Å². The summed E-state index contributed by atoms with van der Waals surface area (Å²) in [5, 5.41) is 21.1. The van der Waals surface area contributed by atoms with E-state index in [4.69, 9.17) is 0 Å². The van der Waals surface area contributed by atoms with Gasteiger partial charge in [0.05, 0.1) is 6.04 Å². The molecule has 0 radical (unpaired) electrons. The Bertz CT molecular complexity index is 427. The van der Waals surface area contributed by atoms with Crippen molar-refractivity contribution in [2.24, 2.45) is 0 Å². The molecule has 16 heavy (non-hydrogen) atoms. The monoisotopic (exact) mass is 235 g/mol. The molecule has 1 aromatic carbocycles. The van der Waals surface area contributed by atoms with Crippen LogP contribution >= 0.6 is 11.3 Å². The molecular weight excluding hydrogens is 222 g/mol. The van der Waals surface area contributed by atoms with Crippen molar-refractivity contribution in [2.45, 2.75) is 19.4 Å². The van der Waals surface area contributed by atoms with Crippen molar-refractivity contribution in [3.63, 3.8) is 0 Å². The molecule has 2 aromatic rings. The minimum absolute atomic E-state index is 0.202. The first-order chi connectivity index (χ1) is 7.79. The molecule has 0 aliphatic rings. The van der Waals surface area contributed by atoms with Gasteiger partial charge in [-0.3, -0.25) is 0 Å². The van der Waals surface area contributed by atoms with Crippen LogP contribution < -0.4 is 5.32 Å². The number of phenols is 1. The van der Waals surface area contributed by atoms with E-state index in [0.717, 1.165) is 17.1 Å². The van der Waals surface area contributed by atoms with Crippen molar-refractivity contribution in [1.82, 2.24) is 10.2 Å². The minimum atomic E-state index is 0.202. The van der Waals surface area contributed by atoms with Gasteiger partial charge in [-0.1, -0.05) is 30.4 Å². The molecule has 0 saturated carbocycles. The number of anilines is 1. The number of aromatic nitrogens is 2. The van der Waals surface area contributed by atoms with Crippen LogP contribution in [-0.4, -0.2) is 15.3 Å². The molecule has 1 unspecified atom stereocenters. The standard InChI is InChI=1S/C11H13N3OS/c1-2-10(13-11-14-12-7-16-11)8-3-5-9(15)6-4-8/h3-7,10,15H,2H2,1H3,(H,13,14). The molecule has 0 aliphatic heterocycles. The molecule has 5 heteroatoms. The van der Waals surface area contributed by atoms with Gasteiger partial charge < -0.3 is 10.4 Å². The average molecular weight is 235 g/mol. The van der Waals surface area contributed by atoms with Gasteiger partial charge in [-0.15, -0.1) is 10.2 Å². The van der Waals surface area contributed by atoms with Gasteiger partial charge in [0.25, 0.3) is 0 Å². The van der Waals surface area contributed by atoms with Gasteiger partial charge in [0, 0.05) is 0 Å². The first-order valence-corrected chi connectivity index (χ1v) is 5.99. The highest BCUT2D eigenvalue weighted by atomic mass is 32.1. The third-order valence-electron chi connectivity index (χ3n) is 2.36. The summed E-state index contributed by atoms with van der Waals surface area (Å²) in [5.41, 5.74) is 2.83. The predicted octanol–water partition coefficient (Wildman–Crippen LogP) is 2.81. The fourth-order valence-electron chi connectivity index (χ4n) is 1.51. The van der Waals surface area contributed by atoms with Gasteiger partial charge in [-0.25, -0.2) is 0 Å². The lowest BCUT2D eigenvalue weighted by Gasteiger charge is -2.16. The van der Waals surface area contributed by atoms with Crippen molar-refractivity contribution in [3.05, 3.63) is 35.3 Å². The quantitative estimate of drug-likeness (QED) is 0.855. The smallest absolute Gasteiger partial charge is 0.205 e. The SMILES string of the molecule is CCC(Nc1nncs1)c1ccc(O)cc1. The molecule has 84 valence electrons. The largest absolute Gasteiger partial charge is 0.508 e. The molecule has 1 aromatic heterocycles. The number of nitrogens with one attached hydrogen (secondary N) is 1. The van der Waals surface area contributed by atoms with E-state index >= 15 is 0 Å². The topological polar surface area (TPSA) is 58.0 Å². The zero-order chi connectivity index (χ0) is 11.4. The fourth-order valence-corrected chi connectivity index (χ4v) is 2.01. The summed E-state index contributed by atoms with van der Waals surface area (Å²) in [6.07, 6.45) is 0.949. The molecule has 0 saturated heterocycles. The van der Waals surface area contributed by atoms with Gasteiger partial charge in [0.2, 0.25) is 5.13 Å². The fraction of sp³-hybridized carbons (Fsp3) is 0.273. The van der Waals surface area contributed by atoms with E-state index in [0.29, 0.717) is 0 Å². The molecule has 1 atom stereocenters. The van der Waals surface area contributed by atoms with E-state index in [1.807, 2.05) is 12.1 Å². The second-order valence-corrected chi connectivity index (χ2v) is 4.27. The molecule has 0 fully saturated rings. The first kappa shape index (κ1) is 10.9. The third kappa shape index (κ3) is 2.49. The normalized spacial score (nSPS) is 12.3. The Hall–Kier alpha value is -1.62. The molecule has 2 rings (SSSR count). The van der Waals surface area contributed by atoms with E-state index in [1.165, 1.54) is 11.3 Å². The van der Waals surface area contributed by atoms with E-state index < -0.39 is 0 Å². The summed E-state index contributed by atoms with van der Waals surface area (Å²) in [4.78, 5) is 0. The highest BCUT2D eigenvalue weighted by Gasteiger charge is 2.10. The zero-order valence-corrected chi connectivity index (χ0v) is 9.74. The number of rotatable bonds is 4. The molecule has 1 heterocycles. The average Bonchev–Trinajstić information content (AvgIpc) is 2.80. The third-order valence-corrected chi connectivity index (χ3v) is 2.98. The van der Waals surface area contributed by atoms with Crippen LogP contribution in [-0.2, 0) is 0 Å². The maximum Gasteiger partial charge on any atom is 0.205 e. The van der Waals surface area contributed by atoms with E-state index in [2.05, 4.69) is 22.4 Å².